The zero-order valence-electron chi connectivity index (χ0n) is 18.0. The SMILES string of the molecule is CCOC(=O)Cn1c(C)c(C(=O)c2ccc(NN3CCCC3)cc2)c2c1CCCC2. The van der Waals surface area contributed by atoms with Crippen LogP contribution in [0.3, 0.4) is 0 Å². The molecule has 0 bridgehead atoms. The van der Waals surface area contributed by atoms with Crippen molar-refractivity contribution in [3.63, 3.8) is 0 Å². The summed E-state index contributed by atoms with van der Waals surface area (Å²) in [6, 6.07) is 7.75. The molecule has 0 spiro atoms. The molecule has 0 amide bonds. The Morgan fingerprint density at radius 3 is 2.43 bits per heavy atom. The van der Waals surface area contributed by atoms with E-state index in [2.05, 4.69) is 10.4 Å². The summed E-state index contributed by atoms with van der Waals surface area (Å²) in [4.78, 5) is 25.6. The number of ketones is 1. The monoisotopic (exact) mass is 409 g/mol. The van der Waals surface area contributed by atoms with Gasteiger partial charge < -0.3 is 14.7 Å². The van der Waals surface area contributed by atoms with Crippen LogP contribution in [0, 0.1) is 6.92 Å². The van der Waals surface area contributed by atoms with Crippen molar-refractivity contribution in [1.29, 1.82) is 0 Å². The van der Waals surface area contributed by atoms with Gasteiger partial charge in [0.1, 0.15) is 6.54 Å². The number of hydrogen-bond donors (Lipinski definition) is 1. The van der Waals surface area contributed by atoms with Crippen molar-refractivity contribution < 1.29 is 14.3 Å². The van der Waals surface area contributed by atoms with Gasteiger partial charge in [-0.05, 0) is 82.2 Å². The molecule has 1 fully saturated rings. The minimum absolute atomic E-state index is 0.0426. The predicted octanol–water partition coefficient (Wildman–Crippen LogP) is 3.89. The number of fused-ring (bicyclic) bond motifs is 1. The summed E-state index contributed by atoms with van der Waals surface area (Å²) in [5.74, 6) is -0.207. The van der Waals surface area contributed by atoms with E-state index in [1.165, 1.54) is 12.8 Å². The molecule has 0 unspecified atom stereocenters. The van der Waals surface area contributed by atoms with E-state index in [1.54, 1.807) is 0 Å². The molecule has 1 saturated heterocycles. The number of hydrogen-bond acceptors (Lipinski definition) is 5. The second kappa shape index (κ2) is 9.04. The Labute approximate surface area is 178 Å². The number of anilines is 1. The fraction of sp³-hybridized carbons (Fsp3) is 0.500. The van der Waals surface area contributed by atoms with Crippen molar-refractivity contribution in [3.05, 3.63) is 52.3 Å². The number of nitrogens with one attached hydrogen (secondary N) is 1. The fourth-order valence-corrected chi connectivity index (χ4v) is 4.72. The second-order valence-electron chi connectivity index (χ2n) is 8.20. The molecule has 4 rings (SSSR count). The second-order valence-corrected chi connectivity index (χ2v) is 8.20. The lowest BCUT2D eigenvalue weighted by Gasteiger charge is -2.18. The summed E-state index contributed by atoms with van der Waals surface area (Å²) >= 11 is 0. The quantitative estimate of drug-likeness (QED) is 0.555. The van der Waals surface area contributed by atoms with E-state index >= 15 is 0 Å². The number of esters is 1. The molecule has 6 nitrogen and oxygen atoms in total. The highest BCUT2D eigenvalue weighted by molar-refractivity contribution is 6.11. The smallest absolute Gasteiger partial charge is 0.325 e. The number of nitrogens with zero attached hydrogens (tertiary/aromatic N) is 2. The third-order valence-corrected chi connectivity index (χ3v) is 6.19. The van der Waals surface area contributed by atoms with E-state index in [1.807, 2.05) is 42.7 Å². The molecule has 1 aromatic carbocycles. The Hall–Kier alpha value is -2.60. The van der Waals surface area contributed by atoms with Crippen molar-refractivity contribution in [2.75, 3.05) is 25.1 Å². The van der Waals surface area contributed by atoms with Crippen LogP contribution >= 0.6 is 0 Å². The predicted molar refractivity (Wildman–Crippen MR) is 117 cm³/mol. The number of ether oxygens (including phenoxy) is 1. The average Bonchev–Trinajstić information content (AvgIpc) is 3.35. The van der Waals surface area contributed by atoms with E-state index in [0.29, 0.717) is 12.2 Å². The molecular weight excluding hydrogens is 378 g/mol. The molecule has 6 heteroatoms. The zero-order valence-corrected chi connectivity index (χ0v) is 18.0. The van der Waals surface area contributed by atoms with Gasteiger partial charge in [0, 0.05) is 41.3 Å². The molecule has 0 atom stereocenters. The number of rotatable bonds is 7. The average molecular weight is 410 g/mol. The molecule has 0 saturated carbocycles. The Balaban J connectivity index is 1.60. The Morgan fingerprint density at radius 2 is 1.73 bits per heavy atom. The van der Waals surface area contributed by atoms with Crippen LogP contribution in [0.25, 0.3) is 0 Å². The van der Waals surface area contributed by atoms with Crippen LogP contribution < -0.4 is 5.43 Å². The first-order chi connectivity index (χ1) is 14.6. The van der Waals surface area contributed by atoms with Crippen molar-refractivity contribution in [2.45, 2.75) is 58.9 Å². The van der Waals surface area contributed by atoms with Gasteiger partial charge in [-0.15, -0.1) is 0 Å². The Kier molecular flexibility index (Phi) is 6.23. The Morgan fingerprint density at radius 1 is 1.03 bits per heavy atom. The molecule has 1 aromatic heterocycles. The molecule has 1 N–H and O–H groups in total. The van der Waals surface area contributed by atoms with Crippen LogP contribution in [0.4, 0.5) is 5.69 Å². The lowest BCUT2D eigenvalue weighted by Crippen LogP contribution is -2.26. The maximum Gasteiger partial charge on any atom is 0.325 e. The first-order valence-electron chi connectivity index (χ1n) is 11.1. The lowest BCUT2D eigenvalue weighted by molar-refractivity contribution is -0.143. The summed E-state index contributed by atoms with van der Waals surface area (Å²) in [5.41, 5.74) is 9.00. The van der Waals surface area contributed by atoms with E-state index in [0.717, 1.165) is 67.0 Å². The lowest BCUT2D eigenvalue weighted by atomic mass is 9.91. The molecule has 1 aliphatic heterocycles. The third kappa shape index (κ3) is 4.15. The van der Waals surface area contributed by atoms with Crippen LogP contribution in [0.15, 0.2) is 24.3 Å². The van der Waals surface area contributed by atoms with Crippen LogP contribution in [0.1, 0.15) is 65.5 Å². The summed E-state index contributed by atoms with van der Waals surface area (Å²) < 4.78 is 7.16. The van der Waals surface area contributed by atoms with Gasteiger partial charge in [-0.25, -0.2) is 5.01 Å². The summed E-state index contributed by atoms with van der Waals surface area (Å²) in [5, 5.41) is 2.22. The first kappa shape index (κ1) is 20.7. The van der Waals surface area contributed by atoms with E-state index < -0.39 is 0 Å². The van der Waals surface area contributed by atoms with Crippen LogP contribution in [0.2, 0.25) is 0 Å². The molecule has 1 aliphatic carbocycles. The molecule has 2 aliphatic rings. The molecule has 160 valence electrons. The van der Waals surface area contributed by atoms with E-state index in [9.17, 15) is 9.59 Å². The molecule has 2 aromatic rings. The van der Waals surface area contributed by atoms with Gasteiger partial charge in [-0.2, -0.15) is 0 Å². The third-order valence-electron chi connectivity index (χ3n) is 6.19. The number of hydrazine groups is 1. The molecule has 30 heavy (non-hydrogen) atoms. The van der Waals surface area contributed by atoms with Gasteiger partial charge in [0.25, 0.3) is 0 Å². The van der Waals surface area contributed by atoms with Crippen LogP contribution in [-0.4, -0.2) is 41.0 Å². The maximum absolute atomic E-state index is 13.5. The van der Waals surface area contributed by atoms with Gasteiger partial charge in [0.05, 0.1) is 6.61 Å². The van der Waals surface area contributed by atoms with Crippen molar-refractivity contribution >= 4 is 17.4 Å². The largest absolute Gasteiger partial charge is 0.465 e. The number of aromatic nitrogens is 1. The molecule has 2 heterocycles. The Bertz CT molecular complexity index is 924. The maximum atomic E-state index is 13.5. The summed E-state index contributed by atoms with van der Waals surface area (Å²) in [7, 11) is 0. The minimum Gasteiger partial charge on any atom is -0.465 e. The number of carbonyl (C=O) groups excluding carboxylic acids is 2. The van der Waals surface area contributed by atoms with E-state index in [4.69, 9.17) is 4.74 Å². The number of carbonyl (C=O) groups is 2. The van der Waals surface area contributed by atoms with Gasteiger partial charge >= 0.3 is 5.97 Å². The zero-order chi connectivity index (χ0) is 21.1. The van der Waals surface area contributed by atoms with Gasteiger partial charge in [0.2, 0.25) is 0 Å². The minimum atomic E-state index is -0.250. The van der Waals surface area contributed by atoms with Crippen LogP contribution in [0.5, 0.6) is 0 Å². The highest BCUT2D eigenvalue weighted by atomic mass is 16.5. The van der Waals surface area contributed by atoms with Gasteiger partial charge in [-0.1, -0.05) is 0 Å². The standard InChI is InChI=1S/C24H31N3O3/c1-3-30-22(28)16-27-17(2)23(20-8-4-5-9-21(20)27)24(29)18-10-12-19(13-11-18)25-26-14-6-7-15-26/h10-13,25H,3-9,14-16H2,1-2H3. The van der Waals surface area contributed by atoms with Gasteiger partial charge in [0.15, 0.2) is 5.78 Å². The van der Waals surface area contributed by atoms with Gasteiger partial charge in [-0.3, -0.25) is 9.59 Å². The molecule has 0 radical (unpaired) electrons. The molecular formula is C24H31N3O3. The highest BCUT2D eigenvalue weighted by Crippen LogP contribution is 2.32. The van der Waals surface area contributed by atoms with E-state index in [-0.39, 0.29) is 18.3 Å². The first-order valence-corrected chi connectivity index (χ1v) is 11.1. The topological polar surface area (TPSA) is 63.6 Å². The summed E-state index contributed by atoms with van der Waals surface area (Å²) in [6.45, 7) is 6.42. The van der Waals surface area contributed by atoms with Crippen molar-refractivity contribution in [3.8, 4) is 0 Å². The summed E-state index contributed by atoms with van der Waals surface area (Å²) in [6.07, 6.45) is 6.40. The number of benzene rings is 1. The van der Waals surface area contributed by atoms with Crippen LogP contribution in [-0.2, 0) is 28.9 Å². The van der Waals surface area contributed by atoms with Crippen molar-refractivity contribution in [2.24, 2.45) is 0 Å². The fourth-order valence-electron chi connectivity index (χ4n) is 4.72. The highest BCUT2D eigenvalue weighted by Gasteiger charge is 2.28. The normalized spacial score (nSPS) is 16.3. The van der Waals surface area contributed by atoms with Crippen molar-refractivity contribution in [1.82, 2.24) is 9.58 Å².